The summed E-state index contributed by atoms with van der Waals surface area (Å²) in [7, 11) is 0. The summed E-state index contributed by atoms with van der Waals surface area (Å²) in [6.07, 6.45) is 1.43. The van der Waals surface area contributed by atoms with E-state index in [0.717, 1.165) is 0 Å². The van der Waals surface area contributed by atoms with Gasteiger partial charge in [0.05, 0.1) is 0 Å². The number of nitrogens with one attached hydrogen (secondary N) is 1. The van der Waals surface area contributed by atoms with E-state index in [0.29, 0.717) is 11.5 Å². The van der Waals surface area contributed by atoms with Crippen molar-refractivity contribution < 1.29 is 0 Å². The quantitative estimate of drug-likeness (QED) is 0.538. The van der Waals surface area contributed by atoms with Gasteiger partial charge in [0, 0.05) is 41.3 Å². The first-order valence-electron chi connectivity index (χ1n) is 3.17. The zero-order chi connectivity index (χ0) is 7.84. The van der Waals surface area contributed by atoms with E-state index >= 15 is 0 Å². The molecule has 2 heterocycles. The maximum absolute atomic E-state index is 11.1. The number of aromatic amines is 1. The Morgan fingerprint density at radius 3 is 3.08 bits per heavy atom. The third-order valence-corrected chi connectivity index (χ3v) is 1.40. The first-order chi connectivity index (χ1) is 5.27. The third kappa shape index (κ3) is 1.43. The zero-order valence-corrected chi connectivity index (χ0v) is 8.90. The molecule has 0 aromatic carbocycles. The first-order valence-corrected chi connectivity index (χ1v) is 3.17. The smallest absolute Gasteiger partial charge is 0.274 e. The molecule has 5 nitrogen and oxygen atoms in total. The van der Waals surface area contributed by atoms with Crippen molar-refractivity contribution in [1.82, 2.24) is 19.6 Å². The summed E-state index contributed by atoms with van der Waals surface area (Å²) in [5, 5.41) is 2.65. The van der Waals surface area contributed by atoms with E-state index in [1.165, 1.54) is 16.9 Å². The van der Waals surface area contributed by atoms with Crippen LogP contribution in [-0.2, 0) is 0 Å². The molecule has 1 N–H and O–H groups in total. The molecule has 0 saturated carbocycles. The largest absolute Gasteiger partial charge is 0.278 e. The molecule has 57 valence electrons. The van der Waals surface area contributed by atoms with Gasteiger partial charge in [0.2, 0.25) is 0 Å². The summed E-state index contributed by atoms with van der Waals surface area (Å²) in [5.41, 5.74) is 0.548. The number of hydrogen-bond donors (Lipinski definition) is 1. The monoisotopic (exact) mass is 173 g/mol. The average molecular weight is 173 g/mol. The Morgan fingerprint density at radius 2 is 2.33 bits per heavy atom. The first kappa shape index (κ1) is 9.44. The molecule has 0 aliphatic carbocycles. The molecule has 0 atom stereocenters. The Morgan fingerprint density at radius 1 is 1.58 bits per heavy atom. The average Bonchev–Trinajstić information content (AvgIpc) is 2.34. The third-order valence-electron chi connectivity index (χ3n) is 1.40. The topological polar surface area (TPSA) is 63.0 Å². The molecule has 2 aromatic heterocycles. The number of H-pyrrole nitrogens is 1. The van der Waals surface area contributed by atoms with Crippen molar-refractivity contribution in [1.29, 1.82) is 0 Å². The number of nitrogens with zero attached hydrogens (tertiary/aromatic N) is 3. The molecule has 0 aliphatic rings. The van der Waals surface area contributed by atoms with Crippen molar-refractivity contribution in [2.75, 3.05) is 0 Å². The van der Waals surface area contributed by atoms with Crippen LogP contribution in [-0.4, -0.2) is 49.1 Å². The minimum absolute atomic E-state index is 0. The minimum atomic E-state index is -0.134. The molecule has 0 saturated heterocycles. The van der Waals surface area contributed by atoms with Crippen molar-refractivity contribution in [2.45, 2.75) is 6.92 Å². The molecule has 0 fully saturated rings. The van der Waals surface area contributed by atoms with Crippen LogP contribution in [0.3, 0.4) is 0 Å². The molecule has 0 bridgehead atoms. The standard InChI is InChI=1S/C6H6N4O.Na/c1-4-2-5(11)10-6(9-4)7-3-8-10;/h2-3H,1H3,(H,7,8,9);. The van der Waals surface area contributed by atoms with E-state index in [9.17, 15) is 4.79 Å². The van der Waals surface area contributed by atoms with E-state index < -0.39 is 0 Å². The zero-order valence-electron chi connectivity index (χ0n) is 6.90. The van der Waals surface area contributed by atoms with Gasteiger partial charge in [-0.1, -0.05) is 0 Å². The maximum Gasteiger partial charge on any atom is 0.274 e. The van der Waals surface area contributed by atoms with Crippen LogP contribution in [0.1, 0.15) is 5.69 Å². The molecule has 0 spiro atoms. The fourth-order valence-corrected chi connectivity index (χ4v) is 0.934. The summed E-state index contributed by atoms with van der Waals surface area (Å²) >= 11 is 0. The van der Waals surface area contributed by atoms with Crippen molar-refractivity contribution in [2.24, 2.45) is 0 Å². The molecule has 0 aliphatic heterocycles. The number of hydrogen-bond acceptors (Lipinski definition) is 3. The van der Waals surface area contributed by atoms with Crippen LogP contribution < -0.4 is 5.56 Å². The molecule has 1 radical (unpaired) electrons. The fraction of sp³-hybridized carbons (Fsp3) is 0.167. The predicted molar refractivity (Wildman–Crippen MR) is 44.1 cm³/mol. The van der Waals surface area contributed by atoms with Gasteiger partial charge < -0.3 is 0 Å². The molecule has 6 heteroatoms. The minimum Gasteiger partial charge on any atom is -0.278 e. The molecule has 12 heavy (non-hydrogen) atoms. The Balaban J connectivity index is 0.000000720. The van der Waals surface area contributed by atoms with E-state index in [4.69, 9.17) is 0 Å². The summed E-state index contributed by atoms with van der Waals surface area (Å²) in [6, 6.07) is 1.45. The van der Waals surface area contributed by atoms with Gasteiger partial charge in [-0.25, -0.2) is 9.97 Å². The predicted octanol–water partition coefficient (Wildman–Crippen LogP) is -0.655. The van der Waals surface area contributed by atoms with Crippen LogP contribution >= 0.6 is 0 Å². The van der Waals surface area contributed by atoms with Crippen LogP contribution in [0.5, 0.6) is 0 Å². The Bertz CT molecular complexity index is 446. The second-order valence-corrected chi connectivity index (χ2v) is 2.26. The van der Waals surface area contributed by atoms with Crippen molar-refractivity contribution >= 4 is 35.3 Å². The molecule has 0 amide bonds. The molecular formula is C6H6N4NaO. The molecule has 2 aromatic rings. The van der Waals surface area contributed by atoms with E-state index in [1.54, 1.807) is 6.92 Å². The number of aryl methyl sites for hydroxylation is 1. The van der Waals surface area contributed by atoms with Gasteiger partial charge in [-0.05, 0) is 6.92 Å². The van der Waals surface area contributed by atoms with Crippen LogP contribution in [0.4, 0.5) is 0 Å². The summed E-state index contributed by atoms with van der Waals surface area (Å²) in [6.45, 7) is 1.76. The summed E-state index contributed by atoms with van der Waals surface area (Å²) in [5.74, 6) is 0.412. The van der Waals surface area contributed by atoms with E-state index in [1.807, 2.05) is 0 Å². The Kier molecular flexibility index (Phi) is 2.66. The summed E-state index contributed by atoms with van der Waals surface area (Å²) in [4.78, 5) is 19.0. The SMILES string of the molecule is Cc1cc(=O)n2[nH]cnc2n1.[Na]. The Hall–Kier alpha value is -0.650. The van der Waals surface area contributed by atoms with Crippen molar-refractivity contribution in [3.05, 3.63) is 28.4 Å². The van der Waals surface area contributed by atoms with Gasteiger partial charge >= 0.3 is 0 Å². The number of aromatic nitrogens is 4. The Labute approximate surface area is 90.1 Å². The second-order valence-electron chi connectivity index (χ2n) is 2.26. The number of rotatable bonds is 0. The molecule has 2 rings (SSSR count). The van der Waals surface area contributed by atoms with Gasteiger partial charge in [0.25, 0.3) is 11.3 Å². The van der Waals surface area contributed by atoms with Gasteiger partial charge in [-0.2, -0.15) is 4.52 Å². The van der Waals surface area contributed by atoms with Crippen molar-refractivity contribution in [3.63, 3.8) is 0 Å². The van der Waals surface area contributed by atoms with Crippen LogP contribution in [0.25, 0.3) is 5.78 Å². The van der Waals surface area contributed by atoms with Gasteiger partial charge in [0.1, 0.15) is 6.33 Å². The van der Waals surface area contributed by atoms with Crippen LogP contribution in [0, 0.1) is 6.92 Å². The summed E-state index contributed by atoms with van der Waals surface area (Å²) < 4.78 is 1.28. The van der Waals surface area contributed by atoms with Gasteiger partial charge in [-0.15, -0.1) is 0 Å². The van der Waals surface area contributed by atoms with Crippen molar-refractivity contribution in [3.8, 4) is 0 Å². The van der Waals surface area contributed by atoms with E-state index in [-0.39, 0.29) is 35.1 Å². The van der Waals surface area contributed by atoms with E-state index in [2.05, 4.69) is 15.1 Å². The van der Waals surface area contributed by atoms with Gasteiger partial charge in [-0.3, -0.25) is 9.89 Å². The maximum atomic E-state index is 11.1. The van der Waals surface area contributed by atoms with Crippen LogP contribution in [0.15, 0.2) is 17.2 Å². The molecular weight excluding hydrogens is 167 g/mol. The van der Waals surface area contributed by atoms with Crippen LogP contribution in [0.2, 0.25) is 0 Å². The van der Waals surface area contributed by atoms with Gasteiger partial charge in [0.15, 0.2) is 0 Å². The molecule has 0 unspecified atom stereocenters. The second kappa shape index (κ2) is 3.38. The normalized spacial score (nSPS) is 9.75. The number of fused-ring (bicyclic) bond motifs is 1. The fourth-order valence-electron chi connectivity index (χ4n) is 0.934.